The molecule has 0 atom stereocenters. The summed E-state index contributed by atoms with van der Waals surface area (Å²) in [6.07, 6.45) is 1.59. The molecule has 0 saturated carbocycles. The second-order valence-electron chi connectivity index (χ2n) is 5.75. The van der Waals surface area contributed by atoms with Crippen LogP contribution in [0.4, 0.5) is 0 Å². The van der Waals surface area contributed by atoms with Crippen LogP contribution in [0.1, 0.15) is 52.8 Å². The van der Waals surface area contributed by atoms with Gasteiger partial charge in [0.2, 0.25) is 5.89 Å². The summed E-state index contributed by atoms with van der Waals surface area (Å²) in [6.45, 7) is 10.2. The Morgan fingerprint density at radius 3 is 2.20 bits per heavy atom. The van der Waals surface area contributed by atoms with E-state index in [1.807, 2.05) is 13.8 Å². The van der Waals surface area contributed by atoms with Crippen molar-refractivity contribution in [1.29, 1.82) is 0 Å². The van der Waals surface area contributed by atoms with Crippen molar-refractivity contribution in [2.24, 2.45) is 5.73 Å². The molecule has 0 saturated heterocycles. The molecule has 4 nitrogen and oxygen atoms in total. The van der Waals surface area contributed by atoms with Gasteiger partial charge in [-0.05, 0) is 20.3 Å². The highest BCUT2D eigenvalue weighted by Crippen LogP contribution is 2.19. The van der Waals surface area contributed by atoms with Crippen LogP contribution in [0, 0.1) is 0 Å². The Bertz CT molecular complexity index is 317. The zero-order valence-corrected chi connectivity index (χ0v) is 10.3. The summed E-state index contributed by atoms with van der Waals surface area (Å²) in [4.78, 5) is 4.35. The van der Waals surface area contributed by atoms with Gasteiger partial charge in [-0.2, -0.15) is 4.98 Å². The van der Waals surface area contributed by atoms with Crippen molar-refractivity contribution in [2.75, 3.05) is 0 Å². The number of nitrogens with two attached hydrogens (primary N) is 1. The molecular formula is C11H21N3O. The molecule has 0 aliphatic heterocycles. The van der Waals surface area contributed by atoms with E-state index >= 15 is 0 Å². The van der Waals surface area contributed by atoms with Crippen LogP contribution in [0.15, 0.2) is 4.52 Å². The summed E-state index contributed by atoms with van der Waals surface area (Å²) in [5, 5.41) is 3.96. The Morgan fingerprint density at radius 1 is 1.20 bits per heavy atom. The maximum Gasteiger partial charge on any atom is 0.226 e. The predicted molar refractivity (Wildman–Crippen MR) is 59.6 cm³/mol. The minimum absolute atomic E-state index is 0.0556. The SMILES string of the molecule is CC(C)(N)CCc1nc(C(C)(C)C)no1. The molecule has 0 spiro atoms. The third-order valence-electron chi connectivity index (χ3n) is 2.12. The van der Waals surface area contributed by atoms with E-state index in [0.29, 0.717) is 5.89 Å². The molecule has 2 N–H and O–H groups in total. The summed E-state index contributed by atoms with van der Waals surface area (Å²) < 4.78 is 5.17. The molecule has 1 aromatic heterocycles. The van der Waals surface area contributed by atoms with Gasteiger partial charge in [0, 0.05) is 17.4 Å². The van der Waals surface area contributed by atoms with Crippen LogP contribution >= 0.6 is 0 Å². The largest absolute Gasteiger partial charge is 0.339 e. The lowest BCUT2D eigenvalue weighted by molar-refractivity contribution is 0.348. The number of nitrogens with zero attached hydrogens (tertiary/aromatic N) is 2. The molecule has 0 fully saturated rings. The minimum atomic E-state index is -0.184. The molecule has 0 amide bonds. The van der Waals surface area contributed by atoms with Crippen molar-refractivity contribution in [3.05, 3.63) is 11.7 Å². The Labute approximate surface area is 91.2 Å². The maximum absolute atomic E-state index is 5.89. The van der Waals surface area contributed by atoms with Gasteiger partial charge >= 0.3 is 0 Å². The molecule has 0 unspecified atom stereocenters. The van der Waals surface area contributed by atoms with E-state index in [4.69, 9.17) is 10.3 Å². The zero-order valence-electron chi connectivity index (χ0n) is 10.3. The summed E-state index contributed by atoms with van der Waals surface area (Å²) in [7, 11) is 0. The number of aromatic nitrogens is 2. The van der Waals surface area contributed by atoms with Gasteiger partial charge < -0.3 is 10.3 Å². The van der Waals surface area contributed by atoms with Crippen molar-refractivity contribution >= 4 is 0 Å². The van der Waals surface area contributed by atoms with Crippen LogP contribution in [0.2, 0.25) is 0 Å². The maximum atomic E-state index is 5.89. The Morgan fingerprint density at radius 2 is 1.80 bits per heavy atom. The fourth-order valence-electron chi connectivity index (χ4n) is 1.09. The summed E-state index contributed by atoms with van der Waals surface area (Å²) in [5.74, 6) is 1.44. The average molecular weight is 211 g/mol. The Kier molecular flexibility index (Phi) is 3.19. The minimum Gasteiger partial charge on any atom is -0.339 e. The molecule has 1 aromatic rings. The van der Waals surface area contributed by atoms with E-state index in [1.54, 1.807) is 0 Å². The second-order valence-corrected chi connectivity index (χ2v) is 5.75. The lowest BCUT2D eigenvalue weighted by atomic mass is 9.96. The molecular weight excluding hydrogens is 190 g/mol. The van der Waals surface area contributed by atoms with Gasteiger partial charge in [-0.3, -0.25) is 0 Å². The molecule has 0 aliphatic carbocycles. The van der Waals surface area contributed by atoms with E-state index in [0.717, 1.165) is 18.7 Å². The molecule has 1 rings (SSSR count). The zero-order chi connectivity index (χ0) is 11.7. The number of hydrogen-bond acceptors (Lipinski definition) is 4. The Hall–Kier alpha value is -0.900. The highest BCUT2D eigenvalue weighted by molar-refractivity contribution is 5.00. The number of rotatable bonds is 3. The predicted octanol–water partition coefficient (Wildman–Crippen LogP) is 2.04. The smallest absolute Gasteiger partial charge is 0.226 e. The van der Waals surface area contributed by atoms with Crippen molar-refractivity contribution in [2.45, 2.75) is 58.4 Å². The van der Waals surface area contributed by atoms with Gasteiger partial charge in [0.25, 0.3) is 0 Å². The highest BCUT2D eigenvalue weighted by atomic mass is 16.5. The Balaban J connectivity index is 2.62. The standard InChI is InChI=1S/C11H21N3O/c1-10(2,3)9-13-8(15-14-9)6-7-11(4,5)12/h6-7,12H2,1-5H3. The van der Waals surface area contributed by atoms with E-state index in [9.17, 15) is 0 Å². The molecule has 0 bridgehead atoms. The summed E-state index contributed by atoms with van der Waals surface area (Å²) in [6, 6.07) is 0. The first-order chi connectivity index (χ1) is 6.68. The topological polar surface area (TPSA) is 64.9 Å². The van der Waals surface area contributed by atoms with Gasteiger partial charge in [-0.25, -0.2) is 0 Å². The normalized spacial score (nSPS) is 13.2. The second kappa shape index (κ2) is 3.93. The first-order valence-corrected chi connectivity index (χ1v) is 5.30. The third-order valence-corrected chi connectivity index (χ3v) is 2.12. The molecule has 86 valence electrons. The third kappa shape index (κ3) is 4.00. The summed E-state index contributed by atoms with van der Waals surface area (Å²) in [5.41, 5.74) is 5.65. The van der Waals surface area contributed by atoms with E-state index < -0.39 is 0 Å². The van der Waals surface area contributed by atoms with Gasteiger partial charge in [0.05, 0.1) is 0 Å². The van der Waals surface area contributed by atoms with E-state index in [1.165, 1.54) is 0 Å². The molecule has 0 aromatic carbocycles. The van der Waals surface area contributed by atoms with Crippen LogP contribution in [0.25, 0.3) is 0 Å². The van der Waals surface area contributed by atoms with Crippen molar-refractivity contribution < 1.29 is 4.52 Å². The lowest BCUT2D eigenvalue weighted by Crippen LogP contribution is -2.32. The molecule has 0 radical (unpaired) electrons. The van der Waals surface area contributed by atoms with E-state index in [2.05, 4.69) is 30.9 Å². The van der Waals surface area contributed by atoms with Gasteiger partial charge in [-0.15, -0.1) is 0 Å². The van der Waals surface area contributed by atoms with E-state index in [-0.39, 0.29) is 11.0 Å². The van der Waals surface area contributed by atoms with Crippen LogP contribution in [0.3, 0.4) is 0 Å². The molecule has 15 heavy (non-hydrogen) atoms. The van der Waals surface area contributed by atoms with Gasteiger partial charge in [0.15, 0.2) is 5.82 Å². The monoisotopic (exact) mass is 211 g/mol. The quantitative estimate of drug-likeness (QED) is 0.831. The van der Waals surface area contributed by atoms with Crippen LogP contribution < -0.4 is 5.73 Å². The fraction of sp³-hybridized carbons (Fsp3) is 0.818. The lowest BCUT2D eigenvalue weighted by Gasteiger charge is -2.16. The van der Waals surface area contributed by atoms with Crippen LogP contribution in [-0.2, 0) is 11.8 Å². The molecule has 1 heterocycles. The number of aryl methyl sites for hydroxylation is 1. The first kappa shape index (κ1) is 12.2. The molecule has 0 aliphatic rings. The van der Waals surface area contributed by atoms with Crippen molar-refractivity contribution in [3.8, 4) is 0 Å². The van der Waals surface area contributed by atoms with Crippen LogP contribution in [-0.4, -0.2) is 15.7 Å². The van der Waals surface area contributed by atoms with Crippen molar-refractivity contribution in [1.82, 2.24) is 10.1 Å². The average Bonchev–Trinajstić information content (AvgIpc) is 2.45. The van der Waals surface area contributed by atoms with Gasteiger partial charge in [0.1, 0.15) is 0 Å². The highest BCUT2D eigenvalue weighted by Gasteiger charge is 2.21. The van der Waals surface area contributed by atoms with Crippen molar-refractivity contribution in [3.63, 3.8) is 0 Å². The van der Waals surface area contributed by atoms with Crippen LogP contribution in [0.5, 0.6) is 0 Å². The number of hydrogen-bond donors (Lipinski definition) is 1. The summed E-state index contributed by atoms with van der Waals surface area (Å²) >= 11 is 0. The van der Waals surface area contributed by atoms with Gasteiger partial charge in [-0.1, -0.05) is 25.9 Å². The first-order valence-electron chi connectivity index (χ1n) is 5.30. The molecule has 4 heteroatoms. The fourth-order valence-corrected chi connectivity index (χ4v) is 1.09.